The van der Waals surface area contributed by atoms with Crippen LogP contribution >= 0.6 is 0 Å². The summed E-state index contributed by atoms with van der Waals surface area (Å²) in [6.45, 7) is 0.606. The van der Waals surface area contributed by atoms with E-state index in [1.807, 2.05) is 30.3 Å². The number of carbonyl (C=O) groups excluding carboxylic acids is 1. The fourth-order valence-electron chi connectivity index (χ4n) is 3.33. The highest BCUT2D eigenvalue weighted by Gasteiger charge is 2.34. The standard InChI is InChI=1S/C21H20N2O5S/c1-27-21(24)16-6-9-18(10-7-16)29(25,26)23-13-12-17(14-23)28-20-11-8-15-4-2-3-5-19(15)22-20/h2-11,17H,12-14H2,1H3/t17-/m1/s1. The number of para-hydroxylation sites is 1. The van der Waals surface area contributed by atoms with E-state index in [1.165, 1.54) is 35.7 Å². The van der Waals surface area contributed by atoms with Crippen molar-refractivity contribution in [2.75, 3.05) is 20.2 Å². The second-order valence-corrected chi connectivity index (χ2v) is 8.69. The van der Waals surface area contributed by atoms with Gasteiger partial charge < -0.3 is 9.47 Å². The molecule has 1 aromatic heterocycles. The summed E-state index contributed by atoms with van der Waals surface area (Å²) in [4.78, 5) is 16.1. The first-order chi connectivity index (χ1) is 14.0. The predicted octanol–water partition coefficient (Wildman–Crippen LogP) is 2.86. The number of esters is 1. The number of rotatable bonds is 5. The maximum absolute atomic E-state index is 12.9. The smallest absolute Gasteiger partial charge is 0.337 e. The summed E-state index contributed by atoms with van der Waals surface area (Å²) >= 11 is 0. The number of ether oxygens (including phenoxy) is 2. The van der Waals surface area contributed by atoms with Gasteiger partial charge in [0.05, 0.1) is 29.6 Å². The molecule has 7 nitrogen and oxygen atoms in total. The first-order valence-corrected chi connectivity index (χ1v) is 10.6. The summed E-state index contributed by atoms with van der Waals surface area (Å²) in [5, 5.41) is 1.02. The largest absolute Gasteiger partial charge is 0.473 e. The molecule has 0 saturated carbocycles. The third-order valence-corrected chi connectivity index (χ3v) is 6.76. The van der Waals surface area contributed by atoms with Crippen LogP contribution in [0, 0.1) is 0 Å². The molecule has 1 aliphatic heterocycles. The molecule has 2 aromatic carbocycles. The van der Waals surface area contributed by atoms with Gasteiger partial charge in [0, 0.05) is 18.0 Å². The lowest BCUT2D eigenvalue weighted by atomic mass is 10.2. The van der Waals surface area contributed by atoms with Gasteiger partial charge in [-0.1, -0.05) is 18.2 Å². The number of carbonyl (C=O) groups is 1. The van der Waals surface area contributed by atoms with Gasteiger partial charge in [-0.25, -0.2) is 18.2 Å². The van der Waals surface area contributed by atoms with Crippen LogP contribution in [0.2, 0.25) is 0 Å². The minimum Gasteiger partial charge on any atom is -0.473 e. The number of aromatic nitrogens is 1. The molecule has 0 spiro atoms. The Morgan fingerprint density at radius 1 is 1.07 bits per heavy atom. The van der Waals surface area contributed by atoms with Gasteiger partial charge in [-0.3, -0.25) is 0 Å². The fraction of sp³-hybridized carbons (Fsp3) is 0.238. The average molecular weight is 412 g/mol. The summed E-state index contributed by atoms with van der Waals surface area (Å²) in [6.07, 6.45) is 0.307. The van der Waals surface area contributed by atoms with E-state index in [1.54, 1.807) is 6.07 Å². The number of methoxy groups -OCH3 is 1. The molecule has 0 radical (unpaired) electrons. The molecular weight excluding hydrogens is 392 g/mol. The van der Waals surface area contributed by atoms with Crippen LogP contribution in [0.15, 0.2) is 65.6 Å². The Labute approximate surface area is 168 Å². The average Bonchev–Trinajstić information content (AvgIpc) is 3.22. The minimum atomic E-state index is -3.67. The molecule has 0 aliphatic carbocycles. The van der Waals surface area contributed by atoms with Crippen molar-refractivity contribution in [3.63, 3.8) is 0 Å². The Kier molecular flexibility index (Phi) is 5.21. The zero-order valence-electron chi connectivity index (χ0n) is 15.8. The SMILES string of the molecule is COC(=O)c1ccc(S(=O)(=O)N2CC[C@@H](Oc3ccc4ccccc4n3)C2)cc1. The topological polar surface area (TPSA) is 85.8 Å². The van der Waals surface area contributed by atoms with Gasteiger partial charge in [0.1, 0.15) is 6.10 Å². The molecule has 1 atom stereocenters. The molecule has 29 heavy (non-hydrogen) atoms. The minimum absolute atomic E-state index is 0.134. The molecule has 1 fully saturated rings. The van der Waals surface area contributed by atoms with Gasteiger partial charge in [0.25, 0.3) is 0 Å². The molecular formula is C21H20N2O5S. The van der Waals surface area contributed by atoms with Gasteiger partial charge >= 0.3 is 5.97 Å². The number of hydrogen-bond acceptors (Lipinski definition) is 6. The Hall–Kier alpha value is -2.97. The Morgan fingerprint density at radius 2 is 1.83 bits per heavy atom. The number of nitrogens with zero attached hydrogens (tertiary/aromatic N) is 2. The lowest BCUT2D eigenvalue weighted by molar-refractivity contribution is 0.0600. The Balaban J connectivity index is 1.46. The van der Waals surface area contributed by atoms with Crippen LogP contribution in [-0.4, -0.2) is 50.0 Å². The van der Waals surface area contributed by atoms with E-state index in [9.17, 15) is 13.2 Å². The molecule has 1 saturated heterocycles. The highest BCUT2D eigenvalue weighted by atomic mass is 32.2. The number of hydrogen-bond donors (Lipinski definition) is 0. The molecule has 0 amide bonds. The normalized spacial score (nSPS) is 17.3. The maximum atomic E-state index is 12.9. The van der Waals surface area contributed by atoms with E-state index in [0.717, 1.165) is 10.9 Å². The van der Waals surface area contributed by atoms with Crippen molar-refractivity contribution in [1.29, 1.82) is 0 Å². The van der Waals surface area contributed by atoms with Crippen molar-refractivity contribution in [2.24, 2.45) is 0 Å². The van der Waals surface area contributed by atoms with Crippen molar-refractivity contribution < 1.29 is 22.7 Å². The lowest BCUT2D eigenvalue weighted by Gasteiger charge is -2.17. The molecule has 8 heteroatoms. The second-order valence-electron chi connectivity index (χ2n) is 6.75. The summed E-state index contributed by atoms with van der Waals surface area (Å²) in [5.74, 6) is -0.0261. The van der Waals surface area contributed by atoms with E-state index < -0.39 is 16.0 Å². The maximum Gasteiger partial charge on any atom is 0.337 e. The van der Waals surface area contributed by atoms with Crippen molar-refractivity contribution in [3.05, 3.63) is 66.2 Å². The van der Waals surface area contributed by atoms with Crippen LogP contribution in [0.3, 0.4) is 0 Å². The van der Waals surface area contributed by atoms with E-state index in [4.69, 9.17) is 4.74 Å². The number of fused-ring (bicyclic) bond motifs is 1. The zero-order chi connectivity index (χ0) is 20.4. The van der Waals surface area contributed by atoms with Gasteiger partial charge in [-0.05, 0) is 42.8 Å². The molecule has 3 aromatic rings. The van der Waals surface area contributed by atoms with Crippen LogP contribution < -0.4 is 4.74 Å². The highest BCUT2D eigenvalue weighted by molar-refractivity contribution is 7.89. The quantitative estimate of drug-likeness (QED) is 0.599. The Bertz CT molecular complexity index is 1150. The van der Waals surface area contributed by atoms with Crippen LogP contribution in [0.1, 0.15) is 16.8 Å². The third-order valence-electron chi connectivity index (χ3n) is 4.88. The monoisotopic (exact) mass is 412 g/mol. The third kappa shape index (κ3) is 3.94. The van der Waals surface area contributed by atoms with Gasteiger partial charge in [-0.15, -0.1) is 0 Å². The van der Waals surface area contributed by atoms with E-state index in [-0.39, 0.29) is 17.5 Å². The summed E-state index contributed by atoms with van der Waals surface area (Å²) in [5.41, 5.74) is 1.13. The first kappa shape index (κ1) is 19.4. The van der Waals surface area contributed by atoms with Crippen LogP contribution in [0.25, 0.3) is 10.9 Å². The summed E-state index contributed by atoms with van der Waals surface area (Å²) in [7, 11) is -2.39. The lowest BCUT2D eigenvalue weighted by Crippen LogP contribution is -2.31. The van der Waals surface area contributed by atoms with Crippen LogP contribution in [0.4, 0.5) is 0 Å². The van der Waals surface area contributed by atoms with E-state index in [0.29, 0.717) is 24.4 Å². The van der Waals surface area contributed by atoms with E-state index >= 15 is 0 Å². The van der Waals surface area contributed by atoms with Gasteiger partial charge in [0.2, 0.25) is 15.9 Å². The van der Waals surface area contributed by atoms with Crippen molar-refractivity contribution in [2.45, 2.75) is 17.4 Å². The first-order valence-electron chi connectivity index (χ1n) is 9.18. The number of pyridine rings is 1. The fourth-order valence-corrected chi connectivity index (χ4v) is 4.81. The molecule has 1 aliphatic rings. The zero-order valence-corrected chi connectivity index (χ0v) is 16.6. The number of sulfonamides is 1. The highest BCUT2D eigenvalue weighted by Crippen LogP contribution is 2.25. The van der Waals surface area contributed by atoms with Gasteiger partial charge in [0.15, 0.2) is 0 Å². The van der Waals surface area contributed by atoms with Crippen molar-refractivity contribution in [3.8, 4) is 5.88 Å². The van der Waals surface area contributed by atoms with Crippen LogP contribution in [-0.2, 0) is 14.8 Å². The summed E-state index contributed by atoms with van der Waals surface area (Å²) < 4.78 is 37.8. The van der Waals surface area contributed by atoms with Crippen LogP contribution in [0.5, 0.6) is 5.88 Å². The second kappa shape index (κ2) is 7.81. The number of benzene rings is 2. The molecule has 150 valence electrons. The Morgan fingerprint density at radius 3 is 2.59 bits per heavy atom. The molecule has 2 heterocycles. The summed E-state index contributed by atoms with van der Waals surface area (Å²) in [6, 6.07) is 17.2. The van der Waals surface area contributed by atoms with Crippen molar-refractivity contribution >= 4 is 26.9 Å². The molecule has 4 rings (SSSR count). The molecule has 0 unspecified atom stereocenters. The van der Waals surface area contributed by atoms with Crippen molar-refractivity contribution in [1.82, 2.24) is 9.29 Å². The molecule has 0 N–H and O–H groups in total. The van der Waals surface area contributed by atoms with Gasteiger partial charge in [-0.2, -0.15) is 4.31 Å². The van der Waals surface area contributed by atoms with E-state index in [2.05, 4.69) is 9.72 Å². The predicted molar refractivity (Wildman–Crippen MR) is 107 cm³/mol. The molecule has 0 bridgehead atoms.